The van der Waals surface area contributed by atoms with Gasteiger partial charge in [-0.05, 0) is 31.7 Å². The zero-order valence-corrected chi connectivity index (χ0v) is 13.2. The summed E-state index contributed by atoms with van der Waals surface area (Å²) in [4.78, 5) is 8.75. The SMILES string of the molecule is Cc1noc(CN(C)Cc2ccc(N3CCOCC3)cc2)n1. The van der Waals surface area contributed by atoms with Crippen molar-refractivity contribution in [1.82, 2.24) is 15.0 Å². The first-order valence-corrected chi connectivity index (χ1v) is 7.60. The minimum absolute atomic E-state index is 0.657. The van der Waals surface area contributed by atoms with Crippen LogP contribution in [0.2, 0.25) is 0 Å². The molecule has 0 amide bonds. The van der Waals surface area contributed by atoms with Crippen LogP contribution in [0.5, 0.6) is 0 Å². The van der Waals surface area contributed by atoms with E-state index in [0.29, 0.717) is 18.3 Å². The summed E-state index contributed by atoms with van der Waals surface area (Å²) in [5.74, 6) is 1.34. The van der Waals surface area contributed by atoms with Crippen LogP contribution in [0, 0.1) is 6.92 Å². The molecule has 2 aromatic rings. The maximum atomic E-state index is 5.39. The average molecular weight is 302 g/mol. The van der Waals surface area contributed by atoms with E-state index in [-0.39, 0.29) is 0 Å². The third-order valence-electron chi connectivity index (χ3n) is 3.74. The molecule has 0 bridgehead atoms. The van der Waals surface area contributed by atoms with E-state index in [1.807, 2.05) is 6.92 Å². The largest absolute Gasteiger partial charge is 0.378 e. The number of morpholine rings is 1. The monoisotopic (exact) mass is 302 g/mol. The van der Waals surface area contributed by atoms with Crippen LogP contribution in [0.15, 0.2) is 28.8 Å². The first kappa shape index (κ1) is 15.0. The zero-order valence-electron chi connectivity index (χ0n) is 13.2. The Morgan fingerprint density at radius 1 is 1.14 bits per heavy atom. The highest BCUT2D eigenvalue weighted by molar-refractivity contribution is 5.47. The number of benzene rings is 1. The Bertz CT molecular complexity index is 590. The van der Waals surface area contributed by atoms with Crippen molar-refractivity contribution in [2.24, 2.45) is 0 Å². The molecule has 0 spiro atoms. The van der Waals surface area contributed by atoms with E-state index in [4.69, 9.17) is 9.26 Å². The van der Waals surface area contributed by atoms with Crippen LogP contribution in [-0.4, -0.2) is 48.4 Å². The van der Waals surface area contributed by atoms with Crippen LogP contribution in [0.25, 0.3) is 0 Å². The van der Waals surface area contributed by atoms with Gasteiger partial charge in [0.05, 0.1) is 19.8 Å². The van der Waals surface area contributed by atoms with Gasteiger partial charge in [-0.15, -0.1) is 0 Å². The fraction of sp³-hybridized carbons (Fsp3) is 0.500. The highest BCUT2D eigenvalue weighted by Gasteiger charge is 2.11. The molecule has 1 aromatic carbocycles. The van der Waals surface area contributed by atoms with Crippen molar-refractivity contribution < 1.29 is 9.26 Å². The lowest BCUT2D eigenvalue weighted by Gasteiger charge is -2.29. The molecule has 0 unspecified atom stereocenters. The van der Waals surface area contributed by atoms with Gasteiger partial charge >= 0.3 is 0 Å². The Labute approximate surface area is 130 Å². The van der Waals surface area contributed by atoms with Crippen molar-refractivity contribution in [1.29, 1.82) is 0 Å². The normalized spacial score (nSPS) is 15.5. The highest BCUT2D eigenvalue weighted by Crippen LogP contribution is 2.17. The molecule has 1 aromatic heterocycles. The van der Waals surface area contributed by atoms with E-state index in [0.717, 1.165) is 32.8 Å². The summed E-state index contributed by atoms with van der Waals surface area (Å²) < 4.78 is 10.5. The molecule has 0 atom stereocenters. The molecule has 1 fully saturated rings. The maximum Gasteiger partial charge on any atom is 0.240 e. The number of ether oxygens (including phenoxy) is 1. The molecule has 6 nitrogen and oxygen atoms in total. The maximum absolute atomic E-state index is 5.39. The van der Waals surface area contributed by atoms with Crippen molar-refractivity contribution >= 4 is 5.69 Å². The number of rotatable bonds is 5. The van der Waals surface area contributed by atoms with Crippen LogP contribution in [0.1, 0.15) is 17.3 Å². The van der Waals surface area contributed by atoms with Crippen LogP contribution in [0.3, 0.4) is 0 Å². The molecule has 3 rings (SSSR count). The molecule has 0 aliphatic carbocycles. The minimum Gasteiger partial charge on any atom is -0.378 e. The van der Waals surface area contributed by atoms with Gasteiger partial charge in [-0.25, -0.2) is 0 Å². The summed E-state index contributed by atoms with van der Waals surface area (Å²) in [6, 6.07) is 8.73. The molecule has 2 heterocycles. The van der Waals surface area contributed by atoms with Gasteiger partial charge in [-0.3, -0.25) is 4.90 Å². The molecule has 22 heavy (non-hydrogen) atoms. The summed E-state index contributed by atoms with van der Waals surface area (Å²) in [6.45, 7) is 6.90. The Hall–Kier alpha value is -1.92. The molecule has 1 aliphatic rings. The second-order valence-corrected chi connectivity index (χ2v) is 5.67. The van der Waals surface area contributed by atoms with E-state index >= 15 is 0 Å². The third kappa shape index (κ3) is 3.84. The molecule has 0 N–H and O–H groups in total. The molecule has 0 saturated carbocycles. The smallest absolute Gasteiger partial charge is 0.240 e. The van der Waals surface area contributed by atoms with Gasteiger partial charge in [0.25, 0.3) is 0 Å². The molecule has 0 radical (unpaired) electrons. The fourth-order valence-electron chi connectivity index (χ4n) is 2.64. The summed E-state index contributed by atoms with van der Waals surface area (Å²) in [6.07, 6.45) is 0. The zero-order chi connectivity index (χ0) is 15.4. The predicted octanol–water partition coefficient (Wildman–Crippen LogP) is 1.85. The minimum atomic E-state index is 0.657. The first-order chi connectivity index (χ1) is 10.7. The Kier molecular flexibility index (Phi) is 4.70. The summed E-state index contributed by atoms with van der Waals surface area (Å²) >= 11 is 0. The molecule has 1 aliphatic heterocycles. The number of aromatic nitrogens is 2. The number of anilines is 1. The number of hydrogen-bond donors (Lipinski definition) is 0. The van der Waals surface area contributed by atoms with Crippen molar-refractivity contribution in [2.75, 3.05) is 38.3 Å². The summed E-state index contributed by atoms with van der Waals surface area (Å²) in [7, 11) is 2.05. The van der Waals surface area contributed by atoms with E-state index in [2.05, 4.69) is 51.3 Å². The highest BCUT2D eigenvalue weighted by atomic mass is 16.5. The lowest BCUT2D eigenvalue weighted by molar-refractivity contribution is 0.122. The van der Waals surface area contributed by atoms with Gasteiger partial charge < -0.3 is 14.2 Å². The first-order valence-electron chi connectivity index (χ1n) is 7.60. The van der Waals surface area contributed by atoms with E-state index in [9.17, 15) is 0 Å². The van der Waals surface area contributed by atoms with Crippen LogP contribution in [0.4, 0.5) is 5.69 Å². The Morgan fingerprint density at radius 2 is 1.86 bits per heavy atom. The van der Waals surface area contributed by atoms with E-state index in [1.165, 1.54) is 11.3 Å². The van der Waals surface area contributed by atoms with E-state index < -0.39 is 0 Å². The van der Waals surface area contributed by atoms with Gasteiger partial charge in [-0.1, -0.05) is 17.3 Å². The molecule has 118 valence electrons. The summed E-state index contributed by atoms with van der Waals surface area (Å²) in [5.41, 5.74) is 2.54. The number of nitrogens with zero attached hydrogens (tertiary/aromatic N) is 4. The Morgan fingerprint density at radius 3 is 2.50 bits per heavy atom. The van der Waals surface area contributed by atoms with Gasteiger partial charge in [0, 0.05) is 25.3 Å². The van der Waals surface area contributed by atoms with Gasteiger partial charge in [-0.2, -0.15) is 4.98 Å². The molecular formula is C16H22N4O2. The predicted molar refractivity (Wildman–Crippen MR) is 83.7 cm³/mol. The van der Waals surface area contributed by atoms with Gasteiger partial charge in [0.2, 0.25) is 5.89 Å². The average Bonchev–Trinajstić information content (AvgIpc) is 2.94. The van der Waals surface area contributed by atoms with Crippen LogP contribution < -0.4 is 4.90 Å². The second kappa shape index (κ2) is 6.89. The topological polar surface area (TPSA) is 54.6 Å². The van der Waals surface area contributed by atoms with Crippen molar-refractivity contribution in [2.45, 2.75) is 20.0 Å². The standard InChI is InChI=1S/C16H22N4O2/c1-13-17-16(22-18-13)12-19(2)11-14-3-5-15(6-4-14)20-7-9-21-10-8-20/h3-6H,7-12H2,1-2H3. The van der Waals surface area contributed by atoms with Crippen molar-refractivity contribution in [3.63, 3.8) is 0 Å². The molecular weight excluding hydrogens is 280 g/mol. The van der Waals surface area contributed by atoms with Gasteiger partial charge in [0.15, 0.2) is 5.82 Å². The third-order valence-corrected chi connectivity index (χ3v) is 3.74. The molecule has 1 saturated heterocycles. The van der Waals surface area contributed by atoms with Gasteiger partial charge in [0.1, 0.15) is 0 Å². The van der Waals surface area contributed by atoms with Crippen molar-refractivity contribution in [3.8, 4) is 0 Å². The Balaban J connectivity index is 1.56. The van der Waals surface area contributed by atoms with Crippen LogP contribution >= 0.6 is 0 Å². The lowest BCUT2D eigenvalue weighted by Crippen LogP contribution is -2.36. The van der Waals surface area contributed by atoms with Crippen LogP contribution in [-0.2, 0) is 17.8 Å². The fourth-order valence-corrected chi connectivity index (χ4v) is 2.64. The lowest BCUT2D eigenvalue weighted by atomic mass is 10.2. The quantitative estimate of drug-likeness (QED) is 0.840. The number of hydrogen-bond acceptors (Lipinski definition) is 6. The summed E-state index contributed by atoms with van der Waals surface area (Å²) in [5, 5.41) is 3.81. The second-order valence-electron chi connectivity index (χ2n) is 5.67. The van der Waals surface area contributed by atoms with Crippen molar-refractivity contribution in [3.05, 3.63) is 41.5 Å². The van der Waals surface area contributed by atoms with E-state index in [1.54, 1.807) is 0 Å². The number of aryl methyl sites for hydroxylation is 1. The molecule has 6 heteroatoms.